The number of phenols is 1. The minimum absolute atomic E-state index is 0.273. The molecule has 0 spiro atoms. The molecule has 1 saturated carbocycles. The second-order valence-corrected chi connectivity index (χ2v) is 5.22. The van der Waals surface area contributed by atoms with E-state index in [0.717, 1.165) is 17.9 Å². The largest absolute Gasteiger partial charge is 0.508 e. The molecule has 2 aromatic rings. The van der Waals surface area contributed by atoms with Crippen LogP contribution in [0.2, 0.25) is 0 Å². The monoisotopic (exact) mass is 269 g/mol. The molecule has 1 aliphatic carbocycles. The predicted octanol–water partition coefficient (Wildman–Crippen LogP) is 3.22. The van der Waals surface area contributed by atoms with Crippen molar-refractivity contribution in [3.63, 3.8) is 0 Å². The lowest BCUT2D eigenvalue weighted by atomic mass is 10.2. The zero-order valence-corrected chi connectivity index (χ0v) is 11.4. The van der Waals surface area contributed by atoms with Gasteiger partial charge in [-0.05, 0) is 36.6 Å². The van der Waals surface area contributed by atoms with E-state index in [1.807, 2.05) is 30.3 Å². The Hall–Kier alpha value is -2.00. The fourth-order valence-electron chi connectivity index (χ4n) is 2.14. The van der Waals surface area contributed by atoms with Gasteiger partial charge in [0.2, 0.25) is 0 Å². The lowest BCUT2D eigenvalue weighted by molar-refractivity contribution is 0.301. The maximum Gasteiger partial charge on any atom is 0.124 e. The van der Waals surface area contributed by atoms with Crippen molar-refractivity contribution in [3.8, 4) is 11.5 Å². The van der Waals surface area contributed by atoms with Crippen LogP contribution in [0.25, 0.3) is 0 Å². The first kappa shape index (κ1) is 13.0. The van der Waals surface area contributed by atoms with E-state index >= 15 is 0 Å². The van der Waals surface area contributed by atoms with Crippen molar-refractivity contribution in [3.05, 3.63) is 59.7 Å². The molecule has 0 saturated heterocycles. The number of benzene rings is 2. The molecule has 0 atom stereocenters. The molecule has 3 heteroatoms. The Labute approximate surface area is 119 Å². The Morgan fingerprint density at radius 2 is 1.95 bits per heavy atom. The summed E-state index contributed by atoms with van der Waals surface area (Å²) in [5.41, 5.74) is 2.15. The van der Waals surface area contributed by atoms with Gasteiger partial charge in [-0.1, -0.05) is 30.3 Å². The summed E-state index contributed by atoms with van der Waals surface area (Å²) < 4.78 is 5.88. The number of para-hydroxylation sites is 1. The van der Waals surface area contributed by atoms with E-state index in [-0.39, 0.29) is 5.75 Å². The quantitative estimate of drug-likeness (QED) is 0.846. The Balaban J connectivity index is 1.63. The molecule has 2 aromatic carbocycles. The number of rotatable bonds is 6. The molecule has 1 fully saturated rings. The number of hydrogen-bond acceptors (Lipinski definition) is 3. The first-order chi connectivity index (χ1) is 9.81. The molecule has 0 aliphatic heterocycles. The minimum atomic E-state index is 0.273. The molecule has 2 N–H and O–H groups in total. The zero-order chi connectivity index (χ0) is 13.8. The highest BCUT2D eigenvalue weighted by atomic mass is 16.5. The number of hydrogen-bond donors (Lipinski definition) is 2. The average Bonchev–Trinajstić information content (AvgIpc) is 3.28. The molecular weight excluding hydrogens is 250 g/mol. The topological polar surface area (TPSA) is 41.5 Å². The van der Waals surface area contributed by atoms with Gasteiger partial charge in [0, 0.05) is 18.2 Å². The van der Waals surface area contributed by atoms with Gasteiger partial charge in [-0.2, -0.15) is 0 Å². The molecule has 0 amide bonds. The average molecular weight is 269 g/mol. The zero-order valence-electron chi connectivity index (χ0n) is 11.4. The summed E-state index contributed by atoms with van der Waals surface area (Å²) >= 11 is 0. The lowest BCUT2D eigenvalue weighted by Gasteiger charge is -2.12. The van der Waals surface area contributed by atoms with E-state index in [1.54, 1.807) is 12.1 Å². The summed E-state index contributed by atoms with van der Waals surface area (Å²) in [5, 5.41) is 13.0. The van der Waals surface area contributed by atoms with Crippen LogP contribution in [0.5, 0.6) is 11.5 Å². The lowest BCUT2D eigenvalue weighted by Crippen LogP contribution is -2.16. The van der Waals surface area contributed by atoms with E-state index in [1.165, 1.54) is 18.4 Å². The van der Waals surface area contributed by atoms with Gasteiger partial charge in [0.25, 0.3) is 0 Å². The van der Waals surface area contributed by atoms with Crippen LogP contribution in [-0.4, -0.2) is 11.1 Å². The van der Waals surface area contributed by atoms with Crippen LogP contribution in [-0.2, 0) is 13.2 Å². The number of phenolic OH excluding ortho intramolecular Hbond substituents is 1. The highest BCUT2D eigenvalue weighted by Crippen LogP contribution is 2.23. The van der Waals surface area contributed by atoms with Crippen LogP contribution < -0.4 is 10.1 Å². The summed E-state index contributed by atoms with van der Waals surface area (Å²) in [4.78, 5) is 0. The van der Waals surface area contributed by atoms with Crippen LogP contribution in [0.4, 0.5) is 0 Å². The Kier molecular flexibility index (Phi) is 3.88. The molecule has 20 heavy (non-hydrogen) atoms. The van der Waals surface area contributed by atoms with Gasteiger partial charge >= 0.3 is 0 Å². The van der Waals surface area contributed by atoms with Crippen molar-refractivity contribution in [2.75, 3.05) is 0 Å². The van der Waals surface area contributed by atoms with Crippen molar-refractivity contribution in [2.24, 2.45) is 0 Å². The van der Waals surface area contributed by atoms with Crippen molar-refractivity contribution in [1.82, 2.24) is 5.32 Å². The minimum Gasteiger partial charge on any atom is -0.508 e. The van der Waals surface area contributed by atoms with Gasteiger partial charge in [0.05, 0.1) is 0 Å². The third kappa shape index (κ3) is 3.52. The van der Waals surface area contributed by atoms with Crippen molar-refractivity contribution >= 4 is 0 Å². The van der Waals surface area contributed by atoms with Crippen molar-refractivity contribution in [2.45, 2.75) is 32.0 Å². The van der Waals surface area contributed by atoms with Crippen molar-refractivity contribution in [1.29, 1.82) is 0 Å². The number of aromatic hydroxyl groups is 1. The fraction of sp³-hybridized carbons (Fsp3) is 0.294. The normalized spacial score (nSPS) is 14.2. The molecule has 1 aliphatic rings. The maximum absolute atomic E-state index is 9.45. The highest BCUT2D eigenvalue weighted by Gasteiger charge is 2.20. The standard InChI is InChI=1S/C17H19NO2/c19-16-6-3-4-13(10-16)12-20-17-7-2-1-5-14(17)11-18-15-8-9-15/h1-7,10,15,18-19H,8-9,11-12H2. The number of ether oxygens (including phenoxy) is 1. The number of nitrogens with one attached hydrogen (secondary N) is 1. The van der Waals surface area contributed by atoms with Crippen LogP contribution in [0, 0.1) is 0 Å². The highest BCUT2D eigenvalue weighted by molar-refractivity contribution is 5.34. The van der Waals surface area contributed by atoms with Crippen LogP contribution >= 0.6 is 0 Å². The summed E-state index contributed by atoms with van der Waals surface area (Å²) in [6.07, 6.45) is 2.57. The van der Waals surface area contributed by atoms with Gasteiger partial charge in [-0.3, -0.25) is 0 Å². The second kappa shape index (κ2) is 5.97. The van der Waals surface area contributed by atoms with E-state index in [0.29, 0.717) is 12.6 Å². The van der Waals surface area contributed by atoms with Gasteiger partial charge in [-0.25, -0.2) is 0 Å². The van der Waals surface area contributed by atoms with Crippen LogP contribution in [0.15, 0.2) is 48.5 Å². The molecule has 3 nitrogen and oxygen atoms in total. The van der Waals surface area contributed by atoms with Crippen molar-refractivity contribution < 1.29 is 9.84 Å². The van der Waals surface area contributed by atoms with Gasteiger partial charge < -0.3 is 15.2 Å². The molecule has 0 bridgehead atoms. The van der Waals surface area contributed by atoms with Gasteiger partial charge in [-0.15, -0.1) is 0 Å². The molecule has 0 heterocycles. The Morgan fingerprint density at radius 1 is 1.10 bits per heavy atom. The molecule has 0 unspecified atom stereocenters. The van der Waals surface area contributed by atoms with Gasteiger partial charge in [0.1, 0.15) is 18.1 Å². The molecule has 0 radical (unpaired) electrons. The first-order valence-corrected chi connectivity index (χ1v) is 7.03. The predicted molar refractivity (Wildman–Crippen MR) is 78.7 cm³/mol. The maximum atomic E-state index is 9.45. The fourth-order valence-corrected chi connectivity index (χ4v) is 2.14. The van der Waals surface area contributed by atoms with E-state index in [2.05, 4.69) is 11.4 Å². The van der Waals surface area contributed by atoms with Gasteiger partial charge in [0.15, 0.2) is 0 Å². The van der Waals surface area contributed by atoms with E-state index in [9.17, 15) is 5.11 Å². The molecule has 0 aromatic heterocycles. The summed E-state index contributed by atoms with van der Waals surface area (Å²) in [5.74, 6) is 1.18. The summed E-state index contributed by atoms with van der Waals surface area (Å²) in [7, 11) is 0. The third-order valence-electron chi connectivity index (χ3n) is 3.44. The Bertz CT molecular complexity index is 579. The molecule has 3 rings (SSSR count). The smallest absolute Gasteiger partial charge is 0.124 e. The summed E-state index contributed by atoms with van der Waals surface area (Å²) in [6.45, 7) is 1.32. The molecular formula is C17H19NO2. The van der Waals surface area contributed by atoms with E-state index in [4.69, 9.17) is 4.74 Å². The Morgan fingerprint density at radius 3 is 2.75 bits per heavy atom. The van der Waals surface area contributed by atoms with Crippen LogP contribution in [0.1, 0.15) is 24.0 Å². The first-order valence-electron chi connectivity index (χ1n) is 7.03. The summed E-state index contributed by atoms with van der Waals surface area (Å²) in [6, 6.07) is 16.0. The third-order valence-corrected chi connectivity index (χ3v) is 3.44. The molecule has 104 valence electrons. The van der Waals surface area contributed by atoms with E-state index < -0.39 is 0 Å². The van der Waals surface area contributed by atoms with Crippen LogP contribution in [0.3, 0.4) is 0 Å². The SMILES string of the molecule is Oc1cccc(COc2ccccc2CNC2CC2)c1. The second-order valence-electron chi connectivity index (χ2n) is 5.22.